The van der Waals surface area contributed by atoms with Crippen LogP contribution in [0.4, 0.5) is 4.39 Å². The second-order valence-corrected chi connectivity index (χ2v) is 8.24. The first kappa shape index (κ1) is 17.1. The fraction of sp³-hybridized carbons (Fsp3) is 0.368. The van der Waals surface area contributed by atoms with Crippen LogP contribution in [0.3, 0.4) is 0 Å². The van der Waals surface area contributed by atoms with Crippen molar-refractivity contribution in [2.45, 2.75) is 43.5 Å². The molecular weight excluding hydrogens is 325 g/mol. The van der Waals surface area contributed by atoms with Crippen molar-refractivity contribution in [3.63, 3.8) is 0 Å². The molecule has 2 aromatic carbocycles. The third-order valence-electron chi connectivity index (χ3n) is 4.56. The van der Waals surface area contributed by atoms with Gasteiger partial charge in [-0.2, -0.15) is 4.31 Å². The van der Waals surface area contributed by atoms with Crippen molar-refractivity contribution in [3.05, 3.63) is 65.5 Å². The standard InChI is InChI=1S/C19H22FNO2S/c1-15-9-11-18(12-10-15)24(22,23)21-13-4-2-3-8-19(21)16-6-5-7-17(20)14-16/h5-7,9-12,14,19H,2-4,8,13H2,1H3/t19-/m0/s1. The fourth-order valence-electron chi connectivity index (χ4n) is 3.26. The van der Waals surface area contributed by atoms with E-state index in [0.717, 1.165) is 30.4 Å². The molecule has 1 saturated heterocycles. The lowest BCUT2D eigenvalue weighted by molar-refractivity contribution is 0.328. The van der Waals surface area contributed by atoms with Crippen molar-refractivity contribution in [1.29, 1.82) is 0 Å². The van der Waals surface area contributed by atoms with Gasteiger partial charge in [-0.15, -0.1) is 0 Å². The maximum Gasteiger partial charge on any atom is 0.243 e. The Bertz CT molecular complexity index is 802. The Morgan fingerprint density at radius 1 is 1.04 bits per heavy atom. The molecule has 0 spiro atoms. The normalized spacial score (nSPS) is 19.8. The first-order chi connectivity index (χ1) is 11.5. The molecular formula is C19H22FNO2S. The highest BCUT2D eigenvalue weighted by molar-refractivity contribution is 7.89. The van der Waals surface area contributed by atoms with E-state index in [1.165, 1.54) is 12.1 Å². The molecule has 3 nitrogen and oxygen atoms in total. The fourth-order valence-corrected chi connectivity index (χ4v) is 4.94. The number of hydrogen-bond acceptors (Lipinski definition) is 2. The SMILES string of the molecule is Cc1ccc(S(=O)(=O)N2CCCCC[C@H]2c2cccc(F)c2)cc1. The molecule has 0 radical (unpaired) electrons. The zero-order chi connectivity index (χ0) is 17.2. The summed E-state index contributed by atoms with van der Waals surface area (Å²) in [7, 11) is -3.60. The highest BCUT2D eigenvalue weighted by atomic mass is 32.2. The predicted octanol–water partition coefficient (Wildman–Crippen LogP) is 4.44. The molecule has 1 atom stereocenters. The smallest absolute Gasteiger partial charge is 0.207 e. The summed E-state index contributed by atoms with van der Waals surface area (Å²) in [6.45, 7) is 2.40. The van der Waals surface area contributed by atoms with E-state index in [2.05, 4.69) is 0 Å². The number of rotatable bonds is 3. The van der Waals surface area contributed by atoms with Crippen LogP contribution in [0, 0.1) is 12.7 Å². The van der Waals surface area contributed by atoms with Gasteiger partial charge in [-0.05, 0) is 49.6 Å². The van der Waals surface area contributed by atoms with E-state index in [9.17, 15) is 12.8 Å². The molecule has 0 amide bonds. The van der Waals surface area contributed by atoms with Gasteiger partial charge in [0, 0.05) is 6.54 Å². The van der Waals surface area contributed by atoms with E-state index in [4.69, 9.17) is 0 Å². The molecule has 3 rings (SSSR count). The Kier molecular flexibility index (Phi) is 5.01. The Morgan fingerprint density at radius 3 is 2.50 bits per heavy atom. The molecule has 0 aromatic heterocycles. The van der Waals surface area contributed by atoms with Gasteiger partial charge in [0.05, 0.1) is 10.9 Å². The minimum atomic E-state index is -3.60. The first-order valence-corrected chi connectivity index (χ1v) is 9.76. The van der Waals surface area contributed by atoms with E-state index < -0.39 is 10.0 Å². The molecule has 1 aliphatic rings. The zero-order valence-electron chi connectivity index (χ0n) is 13.8. The van der Waals surface area contributed by atoms with Crippen LogP contribution in [-0.2, 0) is 10.0 Å². The van der Waals surface area contributed by atoms with Gasteiger partial charge in [0.2, 0.25) is 10.0 Å². The molecule has 0 saturated carbocycles. The molecule has 2 aromatic rings. The largest absolute Gasteiger partial charge is 0.243 e. The van der Waals surface area contributed by atoms with E-state index in [-0.39, 0.29) is 11.9 Å². The van der Waals surface area contributed by atoms with Gasteiger partial charge in [0.15, 0.2) is 0 Å². The van der Waals surface area contributed by atoms with Crippen molar-refractivity contribution in [2.24, 2.45) is 0 Å². The van der Waals surface area contributed by atoms with Crippen molar-refractivity contribution < 1.29 is 12.8 Å². The average Bonchev–Trinajstić information content (AvgIpc) is 2.81. The topological polar surface area (TPSA) is 37.4 Å². The summed E-state index contributed by atoms with van der Waals surface area (Å²) < 4.78 is 41.5. The third kappa shape index (κ3) is 3.52. The Labute approximate surface area is 143 Å². The van der Waals surface area contributed by atoms with Crippen molar-refractivity contribution >= 4 is 10.0 Å². The summed E-state index contributed by atoms with van der Waals surface area (Å²) >= 11 is 0. The summed E-state index contributed by atoms with van der Waals surface area (Å²) in [6, 6.07) is 12.9. The lowest BCUT2D eigenvalue weighted by atomic mass is 10.0. The minimum Gasteiger partial charge on any atom is -0.207 e. The Hall–Kier alpha value is -1.72. The monoisotopic (exact) mass is 347 g/mol. The van der Waals surface area contributed by atoms with E-state index in [0.29, 0.717) is 17.9 Å². The molecule has 1 fully saturated rings. The number of benzene rings is 2. The van der Waals surface area contributed by atoms with Crippen LogP contribution < -0.4 is 0 Å². The van der Waals surface area contributed by atoms with Gasteiger partial charge in [-0.1, -0.05) is 42.7 Å². The number of halogens is 1. The maximum absolute atomic E-state index is 13.6. The molecule has 1 heterocycles. The second-order valence-electron chi connectivity index (χ2n) is 6.35. The van der Waals surface area contributed by atoms with Crippen LogP contribution in [0.1, 0.15) is 42.9 Å². The van der Waals surface area contributed by atoms with E-state index >= 15 is 0 Å². The molecule has 0 N–H and O–H groups in total. The van der Waals surface area contributed by atoms with E-state index in [1.54, 1.807) is 22.5 Å². The van der Waals surface area contributed by atoms with Crippen LogP contribution >= 0.6 is 0 Å². The molecule has 0 aliphatic carbocycles. The van der Waals surface area contributed by atoms with Gasteiger partial charge < -0.3 is 0 Å². The predicted molar refractivity (Wildman–Crippen MR) is 92.7 cm³/mol. The summed E-state index contributed by atoms with van der Waals surface area (Å²) in [5, 5.41) is 0. The molecule has 1 aliphatic heterocycles. The first-order valence-electron chi connectivity index (χ1n) is 8.32. The Balaban J connectivity index is 2.02. The van der Waals surface area contributed by atoms with Gasteiger partial charge >= 0.3 is 0 Å². The molecule has 5 heteroatoms. The average molecular weight is 347 g/mol. The van der Waals surface area contributed by atoms with Crippen molar-refractivity contribution in [3.8, 4) is 0 Å². The van der Waals surface area contributed by atoms with Crippen LogP contribution in [0.25, 0.3) is 0 Å². The highest BCUT2D eigenvalue weighted by Gasteiger charge is 2.33. The molecule has 24 heavy (non-hydrogen) atoms. The molecule has 0 bridgehead atoms. The minimum absolute atomic E-state index is 0.302. The van der Waals surface area contributed by atoms with Crippen LogP contribution in [0.5, 0.6) is 0 Å². The van der Waals surface area contributed by atoms with Crippen LogP contribution in [0.2, 0.25) is 0 Å². The lowest BCUT2D eigenvalue weighted by Crippen LogP contribution is -2.34. The second kappa shape index (κ2) is 7.03. The number of aryl methyl sites for hydroxylation is 1. The highest BCUT2D eigenvalue weighted by Crippen LogP contribution is 2.34. The number of sulfonamides is 1. The van der Waals surface area contributed by atoms with Crippen molar-refractivity contribution in [1.82, 2.24) is 4.31 Å². The van der Waals surface area contributed by atoms with E-state index in [1.807, 2.05) is 25.1 Å². The zero-order valence-corrected chi connectivity index (χ0v) is 14.6. The summed E-state index contributed by atoms with van der Waals surface area (Å²) in [5.41, 5.74) is 1.75. The summed E-state index contributed by atoms with van der Waals surface area (Å²) in [4.78, 5) is 0.302. The summed E-state index contributed by atoms with van der Waals surface area (Å²) in [6.07, 6.45) is 3.48. The lowest BCUT2D eigenvalue weighted by Gasteiger charge is -2.29. The number of nitrogens with zero attached hydrogens (tertiary/aromatic N) is 1. The maximum atomic E-state index is 13.6. The summed E-state index contributed by atoms with van der Waals surface area (Å²) in [5.74, 6) is -0.329. The third-order valence-corrected chi connectivity index (χ3v) is 6.49. The van der Waals surface area contributed by atoms with Gasteiger partial charge in [0.25, 0.3) is 0 Å². The molecule has 128 valence electrons. The Morgan fingerprint density at radius 2 is 1.79 bits per heavy atom. The quantitative estimate of drug-likeness (QED) is 0.823. The van der Waals surface area contributed by atoms with Crippen LogP contribution in [0.15, 0.2) is 53.4 Å². The van der Waals surface area contributed by atoms with Crippen LogP contribution in [-0.4, -0.2) is 19.3 Å². The number of hydrogen-bond donors (Lipinski definition) is 0. The van der Waals surface area contributed by atoms with Gasteiger partial charge in [-0.3, -0.25) is 0 Å². The van der Waals surface area contributed by atoms with Gasteiger partial charge in [0.1, 0.15) is 5.82 Å². The van der Waals surface area contributed by atoms with Gasteiger partial charge in [-0.25, -0.2) is 12.8 Å². The van der Waals surface area contributed by atoms with Crippen molar-refractivity contribution in [2.75, 3.05) is 6.54 Å². The molecule has 0 unspecified atom stereocenters.